The third-order valence-corrected chi connectivity index (χ3v) is 5.89. The van der Waals surface area contributed by atoms with Crippen LogP contribution < -0.4 is 4.90 Å². The second-order valence-corrected chi connectivity index (χ2v) is 7.75. The van der Waals surface area contributed by atoms with Gasteiger partial charge in [0.2, 0.25) is 0 Å². The van der Waals surface area contributed by atoms with E-state index in [9.17, 15) is 13.2 Å². The van der Waals surface area contributed by atoms with Gasteiger partial charge in [-0.2, -0.15) is 0 Å². The molecule has 1 saturated heterocycles. The number of thiazole rings is 1. The van der Waals surface area contributed by atoms with Crippen LogP contribution >= 0.6 is 11.3 Å². The fourth-order valence-corrected chi connectivity index (χ4v) is 4.70. The number of sulfone groups is 1. The minimum absolute atomic E-state index is 0.108. The van der Waals surface area contributed by atoms with Gasteiger partial charge in [0.25, 0.3) is 0 Å². The summed E-state index contributed by atoms with van der Waals surface area (Å²) in [6.45, 7) is 2.23. The maximum absolute atomic E-state index is 11.6. The molecule has 1 unspecified atom stereocenters. The van der Waals surface area contributed by atoms with Crippen molar-refractivity contribution in [1.29, 1.82) is 0 Å². The molecule has 1 aliphatic rings. The molecular formula is C11H13N3O3S2. The molecule has 1 atom stereocenters. The molecule has 19 heavy (non-hydrogen) atoms. The monoisotopic (exact) mass is 299 g/mol. The summed E-state index contributed by atoms with van der Waals surface area (Å²) in [6.07, 6.45) is 2.57. The third kappa shape index (κ3) is 2.04. The maximum atomic E-state index is 11.6. The number of aldehydes is 1. The Bertz CT molecular complexity index is 732. The van der Waals surface area contributed by atoms with Crippen LogP contribution in [0.2, 0.25) is 0 Å². The highest BCUT2D eigenvalue weighted by Gasteiger charge is 2.31. The highest BCUT2D eigenvalue weighted by Crippen LogP contribution is 2.27. The largest absolute Gasteiger partial charge is 0.350 e. The fourth-order valence-electron chi connectivity index (χ4n) is 2.43. The molecule has 2 aromatic heterocycles. The normalized spacial score (nSPS) is 22.8. The number of hydrogen-bond acceptors (Lipinski definition) is 6. The summed E-state index contributed by atoms with van der Waals surface area (Å²) in [7, 11) is -2.97. The number of anilines is 1. The molecule has 0 aliphatic carbocycles. The van der Waals surface area contributed by atoms with Gasteiger partial charge in [-0.1, -0.05) is 0 Å². The van der Waals surface area contributed by atoms with Crippen molar-refractivity contribution >= 4 is 38.2 Å². The summed E-state index contributed by atoms with van der Waals surface area (Å²) in [5.41, 5.74) is 0.488. The highest BCUT2D eigenvalue weighted by atomic mass is 32.2. The summed E-state index contributed by atoms with van der Waals surface area (Å²) < 4.78 is 24.9. The molecule has 2 aromatic rings. The lowest BCUT2D eigenvalue weighted by Crippen LogP contribution is -2.47. The van der Waals surface area contributed by atoms with E-state index >= 15 is 0 Å². The lowest BCUT2D eigenvalue weighted by atomic mass is 10.3. The van der Waals surface area contributed by atoms with E-state index in [2.05, 4.69) is 4.98 Å². The van der Waals surface area contributed by atoms with Gasteiger partial charge in [0.05, 0.1) is 11.5 Å². The number of fused-ring (bicyclic) bond motifs is 1. The Balaban J connectivity index is 2.04. The van der Waals surface area contributed by atoms with Gasteiger partial charge < -0.3 is 4.90 Å². The van der Waals surface area contributed by atoms with Crippen LogP contribution in [0, 0.1) is 0 Å². The summed E-state index contributed by atoms with van der Waals surface area (Å²) in [6, 6.07) is -0.165. The molecule has 3 rings (SSSR count). The molecular weight excluding hydrogens is 286 g/mol. The number of nitrogens with zero attached hydrogens (tertiary/aromatic N) is 3. The number of hydrogen-bond donors (Lipinski definition) is 0. The minimum Gasteiger partial charge on any atom is -0.350 e. The van der Waals surface area contributed by atoms with Crippen molar-refractivity contribution in [1.82, 2.24) is 9.38 Å². The van der Waals surface area contributed by atoms with Crippen LogP contribution in [0.15, 0.2) is 11.6 Å². The number of carbonyl (C=O) groups excluding carboxylic acids is 1. The molecule has 8 heteroatoms. The van der Waals surface area contributed by atoms with E-state index in [1.807, 2.05) is 17.2 Å². The minimum atomic E-state index is -2.97. The van der Waals surface area contributed by atoms with E-state index in [4.69, 9.17) is 0 Å². The summed E-state index contributed by atoms with van der Waals surface area (Å²) in [5, 5.41) is 1.86. The van der Waals surface area contributed by atoms with Gasteiger partial charge >= 0.3 is 0 Å². The summed E-state index contributed by atoms with van der Waals surface area (Å²) in [5.74, 6) is 0.807. The lowest BCUT2D eigenvalue weighted by molar-refractivity contribution is 0.111. The molecule has 0 saturated carbocycles. The Morgan fingerprint density at radius 2 is 2.32 bits per heavy atom. The average molecular weight is 299 g/mol. The van der Waals surface area contributed by atoms with Crippen LogP contribution in [0.5, 0.6) is 0 Å². The van der Waals surface area contributed by atoms with E-state index < -0.39 is 9.84 Å². The van der Waals surface area contributed by atoms with Crippen molar-refractivity contribution in [2.75, 3.05) is 23.0 Å². The first-order valence-corrected chi connectivity index (χ1v) is 8.60. The molecule has 0 amide bonds. The fraction of sp³-hybridized carbons (Fsp3) is 0.455. The SMILES string of the molecule is CC1CS(=O)(=O)CCN1c1nc2sccn2c1C=O. The average Bonchev–Trinajstić information content (AvgIpc) is 2.87. The van der Waals surface area contributed by atoms with Crippen LogP contribution in [0.4, 0.5) is 5.82 Å². The molecule has 3 heterocycles. The van der Waals surface area contributed by atoms with Gasteiger partial charge in [0.15, 0.2) is 26.9 Å². The molecule has 0 spiro atoms. The Labute approximate surface area is 114 Å². The van der Waals surface area contributed by atoms with Crippen molar-refractivity contribution in [3.8, 4) is 0 Å². The van der Waals surface area contributed by atoms with Gasteiger partial charge in [0, 0.05) is 24.2 Å². The van der Waals surface area contributed by atoms with Gasteiger partial charge in [-0.3, -0.25) is 9.20 Å². The Morgan fingerprint density at radius 3 is 3.00 bits per heavy atom. The number of carbonyl (C=O) groups is 1. The van der Waals surface area contributed by atoms with Crippen molar-refractivity contribution in [3.05, 3.63) is 17.3 Å². The van der Waals surface area contributed by atoms with Gasteiger partial charge in [0.1, 0.15) is 5.69 Å². The third-order valence-electron chi connectivity index (χ3n) is 3.33. The zero-order valence-corrected chi connectivity index (χ0v) is 11.9. The van der Waals surface area contributed by atoms with Crippen molar-refractivity contribution in [2.24, 2.45) is 0 Å². The van der Waals surface area contributed by atoms with Crippen LogP contribution in [0.3, 0.4) is 0 Å². The predicted octanol–water partition coefficient (Wildman–Crippen LogP) is 0.832. The predicted molar refractivity (Wildman–Crippen MR) is 73.9 cm³/mol. The number of imidazole rings is 1. The Kier molecular flexibility index (Phi) is 2.86. The molecule has 1 fully saturated rings. The highest BCUT2D eigenvalue weighted by molar-refractivity contribution is 7.91. The molecule has 102 valence electrons. The van der Waals surface area contributed by atoms with Crippen molar-refractivity contribution in [3.63, 3.8) is 0 Å². The molecule has 0 radical (unpaired) electrons. The lowest BCUT2D eigenvalue weighted by Gasteiger charge is -2.33. The van der Waals surface area contributed by atoms with E-state index in [0.717, 1.165) is 11.2 Å². The summed E-state index contributed by atoms with van der Waals surface area (Å²) in [4.78, 5) is 18.4. The van der Waals surface area contributed by atoms with Crippen molar-refractivity contribution in [2.45, 2.75) is 13.0 Å². The van der Waals surface area contributed by atoms with E-state index in [1.54, 1.807) is 10.6 Å². The Hall–Kier alpha value is -1.41. The smallest absolute Gasteiger partial charge is 0.196 e. The van der Waals surface area contributed by atoms with Crippen LogP contribution in [-0.4, -0.2) is 48.2 Å². The van der Waals surface area contributed by atoms with Gasteiger partial charge in [-0.15, -0.1) is 11.3 Å². The first kappa shape index (κ1) is 12.6. The van der Waals surface area contributed by atoms with Gasteiger partial charge in [-0.05, 0) is 6.92 Å². The van der Waals surface area contributed by atoms with Crippen LogP contribution in [-0.2, 0) is 9.84 Å². The number of rotatable bonds is 2. The summed E-state index contributed by atoms with van der Waals surface area (Å²) >= 11 is 1.45. The maximum Gasteiger partial charge on any atom is 0.196 e. The topological polar surface area (TPSA) is 71.8 Å². The van der Waals surface area contributed by atoms with E-state index in [0.29, 0.717) is 18.1 Å². The van der Waals surface area contributed by atoms with Crippen molar-refractivity contribution < 1.29 is 13.2 Å². The molecule has 0 aromatic carbocycles. The zero-order valence-electron chi connectivity index (χ0n) is 10.3. The van der Waals surface area contributed by atoms with Crippen LogP contribution in [0.1, 0.15) is 17.4 Å². The van der Waals surface area contributed by atoms with Gasteiger partial charge in [-0.25, -0.2) is 13.4 Å². The Morgan fingerprint density at radius 1 is 1.53 bits per heavy atom. The standard InChI is InChI=1S/C11H13N3O3S2/c1-8-7-19(16,17)5-3-13(8)10-9(6-15)14-2-4-18-11(14)12-10/h2,4,6,8H,3,5,7H2,1H3. The quantitative estimate of drug-likeness (QED) is 0.768. The second kappa shape index (κ2) is 4.31. The van der Waals surface area contributed by atoms with E-state index in [-0.39, 0.29) is 17.5 Å². The second-order valence-electron chi connectivity index (χ2n) is 4.65. The first-order valence-electron chi connectivity index (χ1n) is 5.89. The molecule has 0 bridgehead atoms. The number of aromatic nitrogens is 2. The zero-order chi connectivity index (χ0) is 13.6. The first-order chi connectivity index (χ1) is 9.02. The van der Waals surface area contributed by atoms with E-state index in [1.165, 1.54) is 11.3 Å². The molecule has 0 N–H and O–H groups in total. The van der Waals surface area contributed by atoms with Crippen LogP contribution in [0.25, 0.3) is 4.96 Å². The molecule has 1 aliphatic heterocycles. The molecule has 6 nitrogen and oxygen atoms in total.